The number of alkyl halides is 3. The van der Waals surface area contributed by atoms with Crippen LogP contribution in [0.5, 0.6) is 0 Å². The zero-order chi connectivity index (χ0) is 18.3. The van der Waals surface area contributed by atoms with E-state index in [1.54, 1.807) is 4.90 Å². The van der Waals surface area contributed by atoms with Crippen molar-refractivity contribution in [1.82, 2.24) is 0 Å². The van der Waals surface area contributed by atoms with Crippen molar-refractivity contribution >= 4 is 34.2 Å². The molecule has 0 aromatic heterocycles. The highest BCUT2D eigenvalue weighted by Crippen LogP contribution is 2.40. The second-order valence-corrected chi connectivity index (χ2v) is 6.39. The van der Waals surface area contributed by atoms with Gasteiger partial charge < -0.3 is 14.5 Å². The predicted octanol–water partition coefficient (Wildman–Crippen LogP) is 4.47. The first-order valence-electron chi connectivity index (χ1n) is 8.43. The lowest BCUT2D eigenvalue weighted by molar-refractivity contribution is -0.137. The molecule has 4 nitrogen and oxygen atoms in total. The fraction of sp³-hybridized carbons (Fsp3) is 0.316. The normalized spacial score (nSPS) is 16.9. The molecule has 1 saturated heterocycles. The summed E-state index contributed by atoms with van der Waals surface area (Å²) in [6.45, 7) is 2.71. The molecule has 2 aliphatic heterocycles. The first-order valence-corrected chi connectivity index (χ1v) is 8.43. The molecular formula is C19H19BrF3N3O. The van der Waals surface area contributed by atoms with Crippen LogP contribution in [0.2, 0.25) is 0 Å². The second-order valence-electron chi connectivity index (χ2n) is 6.39. The van der Waals surface area contributed by atoms with Gasteiger partial charge in [0.05, 0.1) is 36.7 Å². The van der Waals surface area contributed by atoms with Crippen molar-refractivity contribution in [3.8, 4) is 0 Å². The van der Waals surface area contributed by atoms with Crippen molar-refractivity contribution in [3.05, 3.63) is 59.2 Å². The van der Waals surface area contributed by atoms with Crippen molar-refractivity contribution in [1.29, 1.82) is 5.41 Å². The average molecular weight is 442 g/mol. The highest BCUT2D eigenvalue weighted by Gasteiger charge is 2.34. The van der Waals surface area contributed by atoms with E-state index in [1.807, 2.05) is 29.2 Å². The van der Waals surface area contributed by atoms with E-state index in [-0.39, 0.29) is 22.8 Å². The summed E-state index contributed by atoms with van der Waals surface area (Å²) in [7, 11) is 0. The molecule has 2 aromatic rings. The summed E-state index contributed by atoms with van der Waals surface area (Å²) in [5.74, 6) is 0.231. The number of hydrogen-bond acceptors (Lipinski definition) is 3. The van der Waals surface area contributed by atoms with Gasteiger partial charge in [0.25, 0.3) is 0 Å². The van der Waals surface area contributed by atoms with Crippen molar-refractivity contribution < 1.29 is 17.9 Å². The molecule has 2 aromatic carbocycles. The van der Waals surface area contributed by atoms with Gasteiger partial charge in [0.1, 0.15) is 5.84 Å². The zero-order valence-corrected chi connectivity index (χ0v) is 16.1. The van der Waals surface area contributed by atoms with Crippen molar-refractivity contribution in [2.75, 3.05) is 36.1 Å². The van der Waals surface area contributed by atoms with E-state index in [0.29, 0.717) is 44.2 Å². The maximum absolute atomic E-state index is 13.3. The fourth-order valence-corrected chi connectivity index (χ4v) is 3.48. The number of ether oxygens (including phenoxy) is 1. The van der Waals surface area contributed by atoms with Gasteiger partial charge in [-0.15, -0.1) is 17.0 Å². The molecule has 0 saturated carbocycles. The van der Waals surface area contributed by atoms with Gasteiger partial charge in [-0.3, -0.25) is 5.41 Å². The van der Waals surface area contributed by atoms with E-state index in [9.17, 15) is 13.2 Å². The first kappa shape index (κ1) is 19.7. The molecule has 1 fully saturated rings. The third kappa shape index (κ3) is 3.68. The number of hydrogen-bond donors (Lipinski definition) is 1. The Bertz CT molecular complexity index is 850. The molecule has 1 N–H and O–H groups in total. The number of nitrogens with zero attached hydrogens (tertiary/aromatic N) is 2. The molecule has 8 heteroatoms. The van der Waals surface area contributed by atoms with Gasteiger partial charge >= 0.3 is 6.18 Å². The molecule has 27 heavy (non-hydrogen) atoms. The Morgan fingerprint density at radius 1 is 0.963 bits per heavy atom. The molecule has 0 amide bonds. The standard InChI is InChI=1S/C19H18F3N3O.BrH/c20-19(21,22)14-5-6-16(24-7-9-26-10-8-24)17(11-14)25-12-13-3-1-2-4-15(13)18(25)23;/h1-6,11,23H,7-10,12H2;1H. The first-order chi connectivity index (χ1) is 12.4. The molecule has 144 valence electrons. The van der Waals surface area contributed by atoms with Crippen LogP contribution in [0.25, 0.3) is 0 Å². The molecule has 4 rings (SSSR count). The number of nitrogens with one attached hydrogen (secondary N) is 1. The molecule has 0 aliphatic carbocycles. The van der Waals surface area contributed by atoms with Crippen LogP contribution in [0.4, 0.5) is 24.5 Å². The largest absolute Gasteiger partial charge is 0.416 e. The quantitative estimate of drug-likeness (QED) is 0.747. The third-order valence-electron chi connectivity index (χ3n) is 4.82. The van der Waals surface area contributed by atoms with Crippen LogP contribution in [0, 0.1) is 5.41 Å². The number of rotatable bonds is 2. The summed E-state index contributed by atoms with van der Waals surface area (Å²) in [6.07, 6.45) is -4.42. The third-order valence-corrected chi connectivity index (χ3v) is 4.82. The van der Waals surface area contributed by atoms with Crippen LogP contribution < -0.4 is 9.80 Å². The number of anilines is 2. The second kappa shape index (κ2) is 7.52. The van der Waals surface area contributed by atoms with Crippen LogP contribution in [-0.4, -0.2) is 32.1 Å². The molecular weight excluding hydrogens is 423 g/mol. The van der Waals surface area contributed by atoms with Crippen LogP contribution in [0.1, 0.15) is 16.7 Å². The zero-order valence-electron chi connectivity index (χ0n) is 14.4. The molecule has 0 radical (unpaired) electrons. The summed E-state index contributed by atoms with van der Waals surface area (Å²) >= 11 is 0. The van der Waals surface area contributed by atoms with Crippen molar-refractivity contribution in [2.45, 2.75) is 12.7 Å². The molecule has 2 aliphatic rings. The Hall–Kier alpha value is -2.06. The van der Waals surface area contributed by atoms with E-state index < -0.39 is 11.7 Å². The number of fused-ring (bicyclic) bond motifs is 1. The maximum Gasteiger partial charge on any atom is 0.416 e. The number of halogens is 4. The SMILES string of the molecule is Br.N=C1c2ccccc2CN1c1cc(C(F)(F)F)ccc1N1CCOCC1. The Morgan fingerprint density at radius 2 is 1.67 bits per heavy atom. The molecule has 0 unspecified atom stereocenters. The van der Waals surface area contributed by atoms with E-state index in [2.05, 4.69) is 0 Å². The summed E-state index contributed by atoms with van der Waals surface area (Å²) in [6, 6.07) is 11.2. The van der Waals surface area contributed by atoms with Gasteiger partial charge in [-0.05, 0) is 23.8 Å². The van der Waals surface area contributed by atoms with Gasteiger partial charge in [-0.2, -0.15) is 13.2 Å². The van der Waals surface area contributed by atoms with Crippen LogP contribution in [0.3, 0.4) is 0 Å². The van der Waals surface area contributed by atoms with E-state index in [0.717, 1.165) is 23.3 Å². The van der Waals surface area contributed by atoms with Crippen LogP contribution >= 0.6 is 17.0 Å². The number of benzene rings is 2. The topological polar surface area (TPSA) is 39.6 Å². The molecule has 0 atom stereocenters. The summed E-state index contributed by atoms with van der Waals surface area (Å²) in [5.41, 5.74) is 2.13. The Kier molecular flexibility index (Phi) is 5.48. The average Bonchev–Trinajstić information content (AvgIpc) is 2.98. The maximum atomic E-state index is 13.3. The highest BCUT2D eigenvalue weighted by molar-refractivity contribution is 8.93. The van der Waals surface area contributed by atoms with Gasteiger partial charge in [-0.25, -0.2) is 0 Å². The number of morpholine rings is 1. The van der Waals surface area contributed by atoms with Gasteiger partial charge in [0.15, 0.2) is 0 Å². The van der Waals surface area contributed by atoms with Crippen molar-refractivity contribution in [3.63, 3.8) is 0 Å². The lowest BCUT2D eigenvalue weighted by Gasteiger charge is -2.33. The van der Waals surface area contributed by atoms with Crippen LogP contribution in [-0.2, 0) is 17.5 Å². The fourth-order valence-electron chi connectivity index (χ4n) is 3.48. The summed E-state index contributed by atoms with van der Waals surface area (Å²) in [4.78, 5) is 3.68. The Balaban J connectivity index is 0.00000210. The lowest BCUT2D eigenvalue weighted by atomic mass is 10.1. The molecule has 0 bridgehead atoms. The van der Waals surface area contributed by atoms with Gasteiger partial charge in [0, 0.05) is 18.7 Å². The molecule has 2 heterocycles. The van der Waals surface area contributed by atoms with E-state index >= 15 is 0 Å². The van der Waals surface area contributed by atoms with Gasteiger partial charge in [0.2, 0.25) is 0 Å². The Labute approximate surface area is 165 Å². The lowest BCUT2D eigenvalue weighted by Crippen LogP contribution is -2.37. The summed E-state index contributed by atoms with van der Waals surface area (Å²) in [5, 5.41) is 8.46. The van der Waals surface area contributed by atoms with Crippen LogP contribution in [0.15, 0.2) is 42.5 Å². The minimum atomic E-state index is -4.42. The highest BCUT2D eigenvalue weighted by atomic mass is 79.9. The smallest absolute Gasteiger partial charge is 0.378 e. The monoisotopic (exact) mass is 441 g/mol. The van der Waals surface area contributed by atoms with E-state index in [4.69, 9.17) is 10.1 Å². The van der Waals surface area contributed by atoms with Gasteiger partial charge in [-0.1, -0.05) is 24.3 Å². The van der Waals surface area contributed by atoms with E-state index in [1.165, 1.54) is 6.07 Å². The minimum Gasteiger partial charge on any atom is -0.378 e. The minimum absolute atomic E-state index is 0. The Morgan fingerprint density at radius 3 is 2.33 bits per heavy atom. The number of amidine groups is 1. The predicted molar refractivity (Wildman–Crippen MR) is 104 cm³/mol. The van der Waals surface area contributed by atoms with Crippen molar-refractivity contribution in [2.24, 2.45) is 0 Å². The molecule has 0 spiro atoms. The summed E-state index contributed by atoms with van der Waals surface area (Å²) < 4.78 is 45.2.